The monoisotopic (exact) mass is 638 g/mol. The van der Waals surface area contributed by atoms with Crippen LogP contribution in [0.2, 0.25) is 0 Å². The van der Waals surface area contributed by atoms with Crippen molar-refractivity contribution in [2.75, 3.05) is 21.2 Å². The number of aromatic hydroxyl groups is 1. The average Bonchev–Trinajstić information content (AvgIpc) is 3.05. The second kappa shape index (κ2) is 12.0. The van der Waals surface area contributed by atoms with Crippen molar-refractivity contribution in [3.63, 3.8) is 0 Å². The lowest BCUT2D eigenvalue weighted by Gasteiger charge is -2.50. The molecule has 0 bridgehead atoms. The van der Waals surface area contributed by atoms with Gasteiger partial charge >= 0.3 is 0 Å². The van der Waals surface area contributed by atoms with Crippen LogP contribution in [0.5, 0.6) is 11.5 Å². The van der Waals surface area contributed by atoms with E-state index in [2.05, 4.69) is 0 Å². The first-order chi connectivity index (χ1) is 22.4. The number of methoxy groups -OCH3 is 1. The van der Waals surface area contributed by atoms with Crippen molar-refractivity contribution in [2.45, 2.75) is 44.4 Å². The Morgan fingerprint density at radius 3 is 2.40 bits per heavy atom. The van der Waals surface area contributed by atoms with Crippen molar-refractivity contribution in [3.05, 3.63) is 99.8 Å². The topological polar surface area (TPSA) is 160 Å². The molecular weight excluding hydrogens is 600 g/mol. The van der Waals surface area contributed by atoms with Crippen LogP contribution in [0.4, 0.5) is 0 Å². The van der Waals surface area contributed by atoms with E-state index in [9.17, 15) is 29.7 Å². The highest BCUT2D eigenvalue weighted by molar-refractivity contribution is 6.33. The third-order valence-electron chi connectivity index (χ3n) is 9.80. The molecule has 3 aromatic carbocycles. The molecule has 244 valence electrons. The third-order valence-corrected chi connectivity index (χ3v) is 9.80. The number of likely N-dealkylation sites (N-methyl/N-ethyl adjacent to an activating group) is 1. The molecule has 3 unspecified atom stereocenters. The maximum atomic E-state index is 14.4. The number of phenolic OH excluding ortho intramolecular Hbond substituents is 1. The number of amides is 1. The number of nitrogens with two attached hydrogens (primary N) is 1. The highest BCUT2D eigenvalue weighted by Crippen LogP contribution is 2.53. The Hall–Kier alpha value is -4.93. The Morgan fingerprint density at radius 2 is 1.77 bits per heavy atom. The van der Waals surface area contributed by atoms with Gasteiger partial charge < -0.3 is 30.5 Å². The number of aliphatic hydroxyl groups is 2. The van der Waals surface area contributed by atoms with Gasteiger partial charge in [0.25, 0.3) is 5.91 Å². The minimum Gasteiger partial charge on any atom is -0.507 e. The molecule has 10 nitrogen and oxygen atoms in total. The predicted molar refractivity (Wildman–Crippen MR) is 174 cm³/mol. The number of aryl methyl sites for hydroxylation is 1. The number of phenols is 1. The molecule has 47 heavy (non-hydrogen) atoms. The summed E-state index contributed by atoms with van der Waals surface area (Å²) in [7, 11) is 5.01. The Labute approximate surface area is 272 Å². The van der Waals surface area contributed by atoms with Gasteiger partial charge in [-0.15, -0.1) is 0 Å². The van der Waals surface area contributed by atoms with Crippen molar-refractivity contribution < 1.29 is 39.2 Å². The molecule has 3 aliphatic carbocycles. The summed E-state index contributed by atoms with van der Waals surface area (Å²) in [6.45, 7) is 2.05. The molecule has 0 aliphatic heterocycles. The number of ether oxygens (including phenoxy) is 2. The standard InChI is InChI=1S/C37H38N2O8/c1-5-20-11-12-21(17-27(20)46-4)23-13-14-26(40)29-24(23)15-22-16-25-31(39(2)3)33(47-18-19-9-7-6-8-10-19)30(36(38)44)35(43)37(25,45)34(42)28(22)32(29)41/h6-14,17,22,25,31,40-41,45H,5,15-16,18H2,1-4H3,(H2,38,44)/t22?,25?,31?,37-/m0/s1. The van der Waals surface area contributed by atoms with Gasteiger partial charge in [-0.05, 0) is 79.2 Å². The van der Waals surface area contributed by atoms with Gasteiger partial charge in [-0.1, -0.05) is 55.5 Å². The van der Waals surface area contributed by atoms with Crippen LogP contribution in [0.1, 0.15) is 35.6 Å². The molecule has 0 heterocycles. The van der Waals surface area contributed by atoms with Crippen LogP contribution >= 0.6 is 0 Å². The quantitative estimate of drug-likeness (QED) is 0.212. The van der Waals surface area contributed by atoms with Crippen LogP contribution in [-0.2, 0) is 38.6 Å². The maximum absolute atomic E-state index is 14.4. The van der Waals surface area contributed by atoms with E-state index in [-0.39, 0.29) is 42.1 Å². The van der Waals surface area contributed by atoms with Crippen molar-refractivity contribution in [3.8, 4) is 22.6 Å². The fraction of sp³-hybridized carbons (Fsp3) is 0.324. The first-order valence-electron chi connectivity index (χ1n) is 15.6. The molecule has 1 amide bonds. The van der Waals surface area contributed by atoms with E-state index >= 15 is 0 Å². The van der Waals surface area contributed by atoms with Gasteiger partial charge in [-0.25, -0.2) is 0 Å². The molecule has 0 spiro atoms. The third kappa shape index (κ3) is 4.99. The van der Waals surface area contributed by atoms with E-state index in [1.165, 1.54) is 6.07 Å². The largest absolute Gasteiger partial charge is 0.507 e. The molecule has 5 N–H and O–H groups in total. The van der Waals surface area contributed by atoms with E-state index < -0.39 is 52.3 Å². The Morgan fingerprint density at radius 1 is 1.04 bits per heavy atom. The van der Waals surface area contributed by atoms with Gasteiger partial charge in [-0.3, -0.25) is 19.3 Å². The summed E-state index contributed by atoms with van der Waals surface area (Å²) < 4.78 is 11.8. The predicted octanol–water partition coefficient (Wildman–Crippen LogP) is 3.86. The summed E-state index contributed by atoms with van der Waals surface area (Å²) in [6.07, 6.45) is 1.09. The number of carbonyl (C=O) groups excluding carboxylic acids is 3. The van der Waals surface area contributed by atoms with Gasteiger partial charge in [0.2, 0.25) is 11.6 Å². The van der Waals surface area contributed by atoms with Crippen molar-refractivity contribution in [1.29, 1.82) is 0 Å². The summed E-state index contributed by atoms with van der Waals surface area (Å²) in [6, 6.07) is 17.3. The van der Waals surface area contributed by atoms with E-state index in [0.717, 1.165) is 28.7 Å². The number of Topliss-reactive ketones (excluding diaryl/α,β-unsaturated/α-hetero) is 2. The van der Waals surface area contributed by atoms with Crippen molar-refractivity contribution in [2.24, 2.45) is 17.6 Å². The zero-order valence-electron chi connectivity index (χ0n) is 26.7. The number of rotatable bonds is 8. The molecule has 10 heteroatoms. The number of nitrogens with zero attached hydrogens (tertiary/aromatic N) is 1. The minimum absolute atomic E-state index is 0.00636. The minimum atomic E-state index is -2.70. The number of ketones is 2. The molecule has 6 rings (SSSR count). The van der Waals surface area contributed by atoms with Gasteiger partial charge in [-0.2, -0.15) is 0 Å². The Bertz CT molecular complexity index is 1860. The number of fused-ring (bicyclic) bond motifs is 3. The maximum Gasteiger partial charge on any atom is 0.255 e. The fourth-order valence-electron chi connectivity index (χ4n) is 7.59. The summed E-state index contributed by atoms with van der Waals surface area (Å²) in [5.41, 5.74) is 6.30. The van der Waals surface area contributed by atoms with E-state index in [1.54, 1.807) is 32.2 Å². The number of hydrogen-bond donors (Lipinski definition) is 4. The number of hydrogen-bond acceptors (Lipinski definition) is 9. The van der Waals surface area contributed by atoms with Gasteiger partial charge in [0.1, 0.15) is 35.2 Å². The van der Waals surface area contributed by atoms with Crippen molar-refractivity contribution >= 4 is 23.2 Å². The molecule has 1 fully saturated rings. The first-order valence-corrected chi connectivity index (χ1v) is 15.6. The summed E-state index contributed by atoms with van der Waals surface area (Å²) >= 11 is 0. The Kier molecular flexibility index (Phi) is 8.19. The smallest absolute Gasteiger partial charge is 0.255 e. The van der Waals surface area contributed by atoms with Crippen LogP contribution in [0.3, 0.4) is 0 Å². The second-order valence-electron chi connectivity index (χ2n) is 12.6. The fourth-order valence-corrected chi connectivity index (χ4v) is 7.59. The molecule has 0 radical (unpaired) electrons. The molecule has 0 aromatic heterocycles. The van der Waals surface area contributed by atoms with Gasteiger partial charge in [0.05, 0.1) is 18.7 Å². The summed E-state index contributed by atoms with van der Waals surface area (Å²) in [4.78, 5) is 43.0. The second-order valence-corrected chi connectivity index (χ2v) is 12.6. The van der Waals surface area contributed by atoms with E-state index in [0.29, 0.717) is 11.3 Å². The van der Waals surface area contributed by atoms with E-state index in [4.69, 9.17) is 15.2 Å². The van der Waals surface area contributed by atoms with Gasteiger partial charge in [0.15, 0.2) is 5.60 Å². The molecular formula is C37H38N2O8. The molecule has 1 saturated carbocycles. The van der Waals surface area contributed by atoms with Crippen molar-refractivity contribution in [1.82, 2.24) is 4.90 Å². The number of aliphatic hydroxyl groups excluding tert-OH is 1. The van der Waals surface area contributed by atoms with E-state index in [1.807, 2.05) is 55.5 Å². The number of benzene rings is 3. The van der Waals surface area contributed by atoms with Gasteiger partial charge in [0, 0.05) is 11.5 Å². The van der Waals surface area contributed by atoms with Crippen LogP contribution in [0.25, 0.3) is 16.9 Å². The molecule has 0 saturated heterocycles. The lowest BCUT2D eigenvalue weighted by atomic mass is 9.57. The van der Waals surface area contributed by atoms with Crippen LogP contribution in [0.15, 0.2) is 77.6 Å². The van der Waals surface area contributed by atoms with Crippen LogP contribution < -0.4 is 10.5 Å². The SMILES string of the molecule is CCc1ccc(-c2ccc(O)c3c2CC2CC4C(N(C)C)C(OCc5ccccc5)=C(C(N)=O)C(=O)[C@@]4(O)C(=O)C2=C3O)cc1OC. The molecule has 4 atom stereocenters. The zero-order chi connectivity index (χ0) is 33.8. The van der Waals surface area contributed by atoms with Crippen LogP contribution in [0, 0.1) is 11.8 Å². The highest BCUT2D eigenvalue weighted by atomic mass is 16.5. The average molecular weight is 639 g/mol. The molecule has 3 aliphatic rings. The molecule has 3 aromatic rings. The first kappa shape index (κ1) is 32.0. The summed E-state index contributed by atoms with van der Waals surface area (Å²) in [5.74, 6) is -5.03. The highest BCUT2D eigenvalue weighted by Gasteiger charge is 2.65. The van der Waals surface area contributed by atoms with Crippen LogP contribution in [-0.4, -0.2) is 70.5 Å². The summed E-state index contributed by atoms with van der Waals surface area (Å²) in [5, 5.41) is 34.8. The number of primary amides is 1. The lowest BCUT2D eigenvalue weighted by molar-refractivity contribution is -0.162. The zero-order valence-corrected chi connectivity index (χ0v) is 26.7. The normalized spacial score (nSPS) is 23.7. The Balaban J connectivity index is 1.49. The number of carbonyl (C=O) groups is 3. The lowest BCUT2D eigenvalue weighted by Crippen LogP contribution is -2.67.